The van der Waals surface area contributed by atoms with Crippen LogP contribution < -0.4 is 10.0 Å². The van der Waals surface area contributed by atoms with Crippen molar-refractivity contribution in [1.82, 2.24) is 14.3 Å². The van der Waals surface area contributed by atoms with Gasteiger partial charge in [-0.2, -0.15) is 30.6 Å². The predicted octanol–water partition coefficient (Wildman–Crippen LogP) is 0.487. The van der Waals surface area contributed by atoms with Crippen LogP contribution in [-0.2, 0) is 10.2 Å². The highest BCUT2D eigenvalue weighted by molar-refractivity contribution is 7.87. The molecule has 0 aromatic heterocycles. The van der Waals surface area contributed by atoms with Gasteiger partial charge in [-0.05, 0) is 13.8 Å². The van der Waals surface area contributed by atoms with Crippen molar-refractivity contribution in [2.24, 2.45) is 0 Å². The summed E-state index contributed by atoms with van der Waals surface area (Å²) in [5.74, 6) is 0. The summed E-state index contributed by atoms with van der Waals surface area (Å²) in [5.41, 5.74) is 0. The van der Waals surface area contributed by atoms with Crippen molar-refractivity contribution in [3.8, 4) is 0 Å². The van der Waals surface area contributed by atoms with Crippen LogP contribution >= 0.6 is 12.4 Å². The predicted molar refractivity (Wildman–Crippen MR) is 63.9 cm³/mol. The summed E-state index contributed by atoms with van der Waals surface area (Å²) in [6.07, 6.45) is -4.55. The monoisotopic (exact) mass is 311 g/mol. The fraction of sp³-hybridized carbons (Fsp3) is 1.00. The third kappa shape index (κ3) is 5.27. The fourth-order valence-corrected chi connectivity index (χ4v) is 3.06. The van der Waals surface area contributed by atoms with Crippen LogP contribution in [0.4, 0.5) is 13.2 Å². The molecule has 2 atom stereocenters. The maximum Gasteiger partial charge on any atom is 0.402 e. The van der Waals surface area contributed by atoms with Gasteiger partial charge in [-0.25, -0.2) is 0 Å². The maximum absolute atomic E-state index is 12.0. The molecule has 1 aliphatic heterocycles. The lowest BCUT2D eigenvalue weighted by Crippen LogP contribution is -2.59. The molecule has 0 bridgehead atoms. The molecule has 10 heteroatoms. The first kappa shape index (κ1) is 17.9. The highest BCUT2D eigenvalue weighted by Gasteiger charge is 2.35. The van der Waals surface area contributed by atoms with E-state index in [4.69, 9.17) is 0 Å². The standard InChI is InChI=1S/C8H16F3N3O2S.ClH/c1-6-4-14(7(2)3-12-6)17(15,16)13-5-8(9,10)11;/h6-7,12-13H,3-5H2,1-2H3;1H. The van der Waals surface area contributed by atoms with Gasteiger partial charge in [0.1, 0.15) is 6.54 Å². The summed E-state index contributed by atoms with van der Waals surface area (Å²) in [6.45, 7) is 2.46. The number of hydrogen-bond donors (Lipinski definition) is 2. The molecule has 0 aromatic rings. The van der Waals surface area contributed by atoms with Gasteiger partial charge in [0.05, 0.1) is 0 Å². The molecular formula is C8H17ClF3N3O2S. The van der Waals surface area contributed by atoms with E-state index in [1.165, 1.54) is 0 Å². The van der Waals surface area contributed by atoms with Gasteiger partial charge in [0.25, 0.3) is 10.2 Å². The Hall–Kier alpha value is -0.0900. The van der Waals surface area contributed by atoms with Crippen molar-refractivity contribution in [3.63, 3.8) is 0 Å². The molecule has 1 aliphatic rings. The normalized spacial score (nSPS) is 26.7. The lowest BCUT2D eigenvalue weighted by molar-refractivity contribution is -0.121. The van der Waals surface area contributed by atoms with E-state index in [0.29, 0.717) is 6.54 Å². The second kappa shape index (κ2) is 6.38. The second-order valence-corrected chi connectivity index (χ2v) is 5.88. The minimum Gasteiger partial charge on any atom is -0.311 e. The van der Waals surface area contributed by atoms with E-state index in [1.807, 2.05) is 0 Å². The molecule has 2 unspecified atom stereocenters. The average molecular weight is 312 g/mol. The van der Waals surface area contributed by atoms with Gasteiger partial charge in [0.2, 0.25) is 0 Å². The van der Waals surface area contributed by atoms with Crippen LogP contribution in [0.3, 0.4) is 0 Å². The third-order valence-corrected chi connectivity index (χ3v) is 4.11. The second-order valence-electron chi connectivity index (χ2n) is 4.17. The zero-order valence-electron chi connectivity index (χ0n) is 9.99. The molecule has 0 aliphatic carbocycles. The van der Waals surface area contributed by atoms with E-state index < -0.39 is 22.9 Å². The molecule has 0 radical (unpaired) electrons. The molecule has 0 amide bonds. The van der Waals surface area contributed by atoms with Crippen LogP contribution in [0, 0.1) is 0 Å². The highest BCUT2D eigenvalue weighted by atomic mass is 35.5. The molecule has 18 heavy (non-hydrogen) atoms. The SMILES string of the molecule is CC1CN(S(=O)(=O)NCC(F)(F)F)C(C)CN1.Cl. The van der Waals surface area contributed by atoms with Crippen LogP contribution in [0.2, 0.25) is 0 Å². The Balaban J connectivity index is 0.00000289. The van der Waals surface area contributed by atoms with Crippen molar-refractivity contribution < 1.29 is 21.6 Å². The summed E-state index contributed by atoms with van der Waals surface area (Å²) >= 11 is 0. The maximum atomic E-state index is 12.0. The first-order valence-corrected chi connectivity index (χ1v) is 6.62. The van der Waals surface area contributed by atoms with E-state index in [1.54, 1.807) is 18.6 Å². The number of alkyl halides is 3. The summed E-state index contributed by atoms with van der Waals surface area (Å²) in [7, 11) is -4.08. The number of hydrogen-bond acceptors (Lipinski definition) is 3. The van der Waals surface area contributed by atoms with Crippen molar-refractivity contribution in [1.29, 1.82) is 0 Å². The number of halogens is 4. The highest BCUT2D eigenvalue weighted by Crippen LogP contribution is 2.15. The van der Waals surface area contributed by atoms with Gasteiger partial charge in [0.15, 0.2) is 0 Å². The van der Waals surface area contributed by atoms with Crippen molar-refractivity contribution in [3.05, 3.63) is 0 Å². The van der Waals surface area contributed by atoms with Crippen LogP contribution in [0.5, 0.6) is 0 Å². The average Bonchev–Trinajstić information content (AvgIpc) is 2.18. The molecule has 0 spiro atoms. The molecule has 1 fully saturated rings. The van der Waals surface area contributed by atoms with E-state index in [0.717, 1.165) is 4.31 Å². The minimum atomic E-state index is -4.55. The number of nitrogens with one attached hydrogen (secondary N) is 2. The van der Waals surface area contributed by atoms with Crippen LogP contribution in [-0.4, -0.2) is 50.6 Å². The van der Waals surface area contributed by atoms with Crippen LogP contribution in [0.15, 0.2) is 0 Å². The van der Waals surface area contributed by atoms with Gasteiger partial charge >= 0.3 is 6.18 Å². The molecule has 1 heterocycles. The third-order valence-electron chi connectivity index (χ3n) is 2.47. The Bertz CT molecular complexity index is 363. The van der Waals surface area contributed by atoms with Gasteiger partial charge in [-0.1, -0.05) is 0 Å². The molecule has 0 aromatic carbocycles. The Morgan fingerprint density at radius 1 is 1.39 bits per heavy atom. The fourth-order valence-electron chi connectivity index (χ4n) is 1.58. The van der Waals surface area contributed by atoms with Crippen LogP contribution in [0.1, 0.15) is 13.8 Å². The lowest BCUT2D eigenvalue weighted by atomic mass is 10.2. The smallest absolute Gasteiger partial charge is 0.311 e. The molecule has 0 saturated carbocycles. The van der Waals surface area contributed by atoms with Gasteiger partial charge in [-0.3, -0.25) is 0 Å². The molecular weight excluding hydrogens is 295 g/mol. The number of nitrogens with zero attached hydrogens (tertiary/aromatic N) is 1. The quantitative estimate of drug-likeness (QED) is 0.797. The summed E-state index contributed by atoms with van der Waals surface area (Å²) in [5, 5.41) is 3.05. The molecule has 5 nitrogen and oxygen atoms in total. The van der Waals surface area contributed by atoms with Crippen LogP contribution in [0.25, 0.3) is 0 Å². The zero-order valence-corrected chi connectivity index (χ0v) is 11.6. The van der Waals surface area contributed by atoms with Gasteiger partial charge in [0, 0.05) is 25.2 Å². The van der Waals surface area contributed by atoms with Gasteiger partial charge < -0.3 is 5.32 Å². The Kier molecular flexibility index (Phi) is 6.34. The molecule has 1 rings (SSSR count). The number of piperazine rings is 1. The minimum absolute atomic E-state index is 0. The first-order chi connectivity index (χ1) is 7.62. The number of rotatable bonds is 3. The summed E-state index contributed by atoms with van der Waals surface area (Å²) in [6, 6.07) is -0.439. The molecule has 110 valence electrons. The summed E-state index contributed by atoms with van der Waals surface area (Å²) < 4.78 is 61.9. The van der Waals surface area contributed by atoms with E-state index in [9.17, 15) is 21.6 Å². The summed E-state index contributed by atoms with van der Waals surface area (Å²) in [4.78, 5) is 0. The Morgan fingerprint density at radius 2 is 1.94 bits per heavy atom. The van der Waals surface area contributed by atoms with Crippen molar-refractivity contribution in [2.45, 2.75) is 32.1 Å². The Labute approximate surface area is 111 Å². The Morgan fingerprint density at radius 3 is 2.44 bits per heavy atom. The largest absolute Gasteiger partial charge is 0.402 e. The van der Waals surface area contributed by atoms with E-state index in [2.05, 4.69) is 5.32 Å². The van der Waals surface area contributed by atoms with Crippen molar-refractivity contribution >= 4 is 22.6 Å². The first-order valence-electron chi connectivity index (χ1n) is 5.18. The topological polar surface area (TPSA) is 61.4 Å². The zero-order chi connectivity index (χ0) is 13.3. The lowest BCUT2D eigenvalue weighted by Gasteiger charge is -2.36. The van der Waals surface area contributed by atoms with E-state index in [-0.39, 0.29) is 31.0 Å². The van der Waals surface area contributed by atoms with Crippen molar-refractivity contribution in [2.75, 3.05) is 19.6 Å². The van der Waals surface area contributed by atoms with Gasteiger partial charge in [-0.15, -0.1) is 12.4 Å². The molecule has 2 N–H and O–H groups in total. The van der Waals surface area contributed by atoms with E-state index >= 15 is 0 Å². The molecule has 1 saturated heterocycles.